The van der Waals surface area contributed by atoms with Crippen molar-refractivity contribution in [1.29, 1.82) is 0 Å². The van der Waals surface area contributed by atoms with Gasteiger partial charge in [0.25, 0.3) is 5.91 Å². The summed E-state index contributed by atoms with van der Waals surface area (Å²) in [4.78, 5) is 41.9. The number of anilines is 2. The zero-order chi connectivity index (χ0) is 27.4. The number of nitrogens with two attached hydrogens (primary N) is 1. The van der Waals surface area contributed by atoms with Crippen LogP contribution in [0.4, 0.5) is 22.7 Å². The Bertz CT molecular complexity index is 1480. The summed E-state index contributed by atoms with van der Waals surface area (Å²) in [6.45, 7) is 1.62. The number of nitro benzene ring substituents is 1. The molecule has 0 saturated carbocycles. The molecule has 4 N–H and O–H groups in total. The molecule has 1 aliphatic rings. The van der Waals surface area contributed by atoms with Crippen molar-refractivity contribution in [2.75, 3.05) is 17.7 Å². The third-order valence-corrected chi connectivity index (χ3v) is 7.02. The van der Waals surface area contributed by atoms with Crippen LogP contribution in [-0.4, -0.2) is 34.1 Å². The average molecular weight is 552 g/mol. The van der Waals surface area contributed by atoms with Crippen molar-refractivity contribution in [3.63, 3.8) is 0 Å². The van der Waals surface area contributed by atoms with Gasteiger partial charge in [0, 0.05) is 34.2 Å². The zero-order valence-electron chi connectivity index (χ0n) is 20.2. The number of aliphatic imine (C=N–C) groups is 1. The first-order valence-corrected chi connectivity index (χ1v) is 12.4. The van der Waals surface area contributed by atoms with E-state index < -0.39 is 22.0 Å². The normalized spacial score (nSPS) is 15.9. The van der Waals surface area contributed by atoms with E-state index in [2.05, 4.69) is 15.6 Å². The van der Waals surface area contributed by atoms with Crippen molar-refractivity contribution in [2.45, 2.75) is 12.2 Å². The smallest absolute Gasteiger partial charge is 0.311 e. The van der Waals surface area contributed by atoms with Crippen molar-refractivity contribution in [3.05, 3.63) is 98.7 Å². The SMILES string of the molecule is COc1cc(NC(=O)C2SC(=Nc3ccccc3)C(C(=O)Nc3ccc(Cl)cc3)=C2N)c(C)cc1[N+](=O)[O-]. The second-order valence-corrected chi connectivity index (χ2v) is 9.66. The van der Waals surface area contributed by atoms with Gasteiger partial charge in [-0.3, -0.25) is 19.7 Å². The maximum Gasteiger partial charge on any atom is 0.311 e. The number of nitro groups is 1. The predicted molar refractivity (Wildman–Crippen MR) is 149 cm³/mol. The molecule has 0 fully saturated rings. The molecule has 0 saturated heterocycles. The van der Waals surface area contributed by atoms with Gasteiger partial charge in [0.2, 0.25) is 5.91 Å². The van der Waals surface area contributed by atoms with Crippen molar-refractivity contribution in [3.8, 4) is 5.75 Å². The van der Waals surface area contributed by atoms with Crippen LogP contribution in [0.2, 0.25) is 5.02 Å². The van der Waals surface area contributed by atoms with Crippen molar-refractivity contribution >= 4 is 63.0 Å². The minimum absolute atomic E-state index is 0.00662. The second kappa shape index (κ2) is 11.4. The number of ether oxygens (including phenoxy) is 1. The summed E-state index contributed by atoms with van der Waals surface area (Å²) in [5, 5.41) is 16.6. The highest BCUT2D eigenvalue weighted by atomic mass is 35.5. The standard InChI is InChI=1S/C26H22ClN5O5S/c1-14-12-19(32(35)36)20(37-2)13-18(14)31-25(34)23-22(28)21(24(33)29-17-10-8-15(27)9-11-17)26(38-23)30-16-6-4-3-5-7-16/h3-13,23H,28H2,1-2H3,(H,29,33)(H,31,34). The molecule has 0 spiro atoms. The van der Waals surface area contributed by atoms with Crippen LogP contribution < -0.4 is 21.1 Å². The average Bonchev–Trinajstić information content (AvgIpc) is 3.22. The van der Waals surface area contributed by atoms with Gasteiger partial charge in [-0.15, -0.1) is 0 Å². The number of nitrogens with zero attached hydrogens (tertiary/aromatic N) is 2. The molecule has 0 aromatic heterocycles. The lowest BCUT2D eigenvalue weighted by molar-refractivity contribution is -0.385. The van der Waals surface area contributed by atoms with Crippen LogP contribution in [0.5, 0.6) is 5.75 Å². The number of aryl methyl sites for hydroxylation is 1. The molecule has 0 radical (unpaired) electrons. The largest absolute Gasteiger partial charge is 0.490 e. The Morgan fingerprint density at radius 1 is 1.11 bits per heavy atom. The first-order valence-electron chi connectivity index (χ1n) is 11.2. The predicted octanol–water partition coefficient (Wildman–Crippen LogP) is 5.20. The monoisotopic (exact) mass is 551 g/mol. The number of rotatable bonds is 7. The Morgan fingerprint density at radius 3 is 2.42 bits per heavy atom. The Labute approximate surface area is 227 Å². The summed E-state index contributed by atoms with van der Waals surface area (Å²) in [5.41, 5.74) is 8.09. The van der Waals surface area contributed by atoms with Gasteiger partial charge in [0.05, 0.1) is 23.3 Å². The minimum atomic E-state index is -0.982. The summed E-state index contributed by atoms with van der Waals surface area (Å²) in [5.74, 6) is -1.06. The molecule has 38 heavy (non-hydrogen) atoms. The van der Waals surface area contributed by atoms with E-state index in [1.807, 2.05) is 6.07 Å². The van der Waals surface area contributed by atoms with E-state index in [9.17, 15) is 19.7 Å². The Kier molecular flexibility index (Phi) is 7.99. The van der Waals surface area contributed by atoms with E-state index >= 15 is 0 Å². The van der Waals surface area contributed by atoms with Crippen LogP contribution in [0.25, 0.3) is 0 Å². The number of carbonyl (C=O) groups is 2. The van der Waals surface area contributed by atoms with E-state index in [0.717, 1.165) is 11.8 Å². The molecule has 10 nitrogen and oxygen atoms in total. The van der Waals surface area contributed by atoms with E-state index in [4.69, 9.17) is 22.1 Å². The lowest BCUT2D eigenvalue weighted by atomic mass is 10.1. The first kappa shape index (κ1) is 26.7. The Hall–Kier alpha value is -4.35. The van der Waals surface area contributed by atoms with Gasteiger partial charge >= 0.3 is 5.69 Å². The highest BCUT2D eigenvalue weighted by molar-refractivity contribution is 8.16. The third kappa shape index (κ3) is 5.79. The molecule has 1 atom stereocenters. The van der Waals surface area contributed by atoms with E-state index in [0.29, 0.717) is 27.6 Å². The highest BCUT2D eigenvalue weighted by Crippen LogP contribution is 2.37. The molecule has 1 unspecified atom stereocenters. The number of para-hydroxylation sites is 1. The molecular formula is C26H22ClN5O5S. The zero-order valence-corrected chi connectivity index (χ0v) is 21.8. The van der Waals surface area contributed by atoms with Crippen molar-refractivity contribution in [2.24, 2.45) is 10.7 Å². The lowest BCUT2D eigenvalue weighted by Crippen LogP contribution is -2.29. The maximum absolute atomic E-state index is 13.3. The molecule has 3 aromatic rings. The van der Waals surface area contributed by atoms with Gasteiger partial charge < -0.3 is 21.1 Å². The van der Waals surface area contributed by atoms with Gasteiger partial charge in [-0.05, 0) is 48.9 Å². The third-order valence-electron chi connectivity index (χ3n) is 5.55. The molecule has 1 heterocycles. The second-order valence-electron chi connectivity index (χ2n) is 8.13. The summed E-state index contributed by atoms with van der Waals surface area (Å²) in [6.07, 6.45) is 0. The number of amides is 2. The molecule has 194 valence electrons. The van der Waals surface area contributed by atoms with Crippen LogP contribution in [0, 0.1) is 17.0 Å². The van der Waals surface area contributed by atoms with Gasteiger partial charge in [-0.25, -0.2) is 4.99 Å². The summed E-state index contributed by atoms with van der Waals surface area (Å²) in [7, 11) is 1.30. The van der Waals surface area contributed by atoms with Gasteiger partial charge in [-0.2, -0.15) is 0 Å². The summed E-state index contributed by atoms with van der Waals surface area (Å²) in [6, 6.07) is 18.2. The quantitative estimate of drug-likeness (QED) is 0.270. The maximum atomic E-state index is 13.3. The highest BCUT2D eigenvalue weighted by Gasteiger charge is 2.38. The number of carbonyl (C=O) groups excluding carboxylic acids is 2. The van der Waals surface area contributed by atoms with Gasteiger partial charge in [0.1, 0.15) is 10.3 Å². The lowest BCUT2D eigenvalue weighted by Gasteiger charge is -2.14. The fourth-order valence-corrected chi connectivity index (χ4v) is 4.90. The molecular weight excluding hydrogens is 530 g/mol. The molecule has 0 bridgehead atoms. The van der Waals surface area contributed by atoms with E-state index in [-0.39, 0.29) is 27.8 Å². The van der Waals surface area contributed by atoms with Crippen molar-refractivity contribution < 1.29 is 19.2 Å². The molecule has 0 aliphatic carbocycles. The molecule has 1 aliphatic heterocycles. The van der Waals surface area contributed by atoms with Crippen LogP contribution in [0.3, 0.4) is 0 Å². The van der Waals surface area contributed by atoms with Crippen LogP contribution >= 0.6 is 23.4 Å². The van der Waals surface area contributed by atoms with Gasteiger partial charge in [0.15, 0.2) is 5.75 Å². The Balaban J connectivity index is 1.67. The van der Waals surface area contributed by atoms with E-state index in [1.165, 1.54) is 19.2 Å². The number of benzene rings is 3. The number of nitrogens with one attached hydrogen (secondary N) is 2. The number of hydrogen-bond donors (Lipinski definition) is 3. The van der Waals surface area contributed by atoms with Crippen LogP contribution in [0.15, 0.2) is 83.0 Å². The topological polar surface area (TPSA) is 149 Å². The molecule has 12 heteroatoms. The van der Waals surface area contributed by atoms with Crippen LogP contribution in [-0.2, 0) is 9.59 Å². The summed E-state index contributed by atoms with van der Waals surface area (Å²) >= 11 is 6.97. The molecule has 3 aromatic carbocycles. The minimum Gasteiger partial charge on any atom is -0.490 e. The van der Waals surface area contributed by atoms with Crippen molar-refractivity contribution in [1.82, 2.24) is 0 Å². The molecule has 4 rings (SSSR count). The molecule has 2 amide bonds. The number of halogens is 1. The van der Waals surface area contributed by atoms with Crippen LogP contribution in [0.1, 0.15) is 5.56 Å². The van der Waals surface area contributed by atoms with E-state index in [1.54, 1.807) is 55.5 Å². The Morgan fingerprint density at radius 2 is 1.79 bits per heavy atom. The van der Waals surface area contributed by atoms with Gasteiger partial charge in [-0.1, -0.05) is 41.6 Å². The number of hydrogen-bond acceptors (Lipinski definition) is 8. The fraction of sp³-hybridized carbons (Fsp3) is 0.115. The number of thioether (sulfide) groups is 1. The fourth-order valence-electron chi connectivity index (χ4n) is 3.65. The summed E-state index contributed by atoms with van der Waals surface area (Å²) < 4.78 is 5.11. The number of methoxy groups -OCH3 is 1. The first-order chi connectivity index (χ1) is 18.2.